The van der Waals surface area contributed by atoms with Gasteiger partial charge in [0.1, 0.15) is 41.1 Å². The highest BCUT2D eigenvalue weighted by molar-refractivity contribution is 5.97. The van der Waals surface area contributed by atoms with E-state index in [1.165, 1.54) is 19.2 Å². The maximum absolute atomic E-state index is 12.9. The van der Waals surface area contributed by atoms with Gasteiger partial charge in [0.25, 0.3) is 5.91 Å². The molecule has 0 radical (unpaired) electrons. The molecule has 2 fully saturated rings. The molecule has 0 spiro atoms. The van der Waals surface area contributed by atoms with Gasteiger partial charge in [0, 0.05) is 26.2 Å². The number of nitrogens with zero attached hydrogens (tertiary/aromatic N) is 5. The van der Waals surface area contributed by atoms with Crippen LogP contribution in [0.5, 0.6) is 11.5 Å². The number of carbonyl (C=O) groups is 1. The maximum atomic E-state index is 12.9. The van der Waals surface area contributed by atoms with Crippen LogP contribution < -0.4 is 15.8 Å². The van der Waals surface area contributed by atoms with Gasteiger partial charge in [-0.05, 0) is 80.6 Å². The summed E-state index contributed by atoms with van der Waals surface area (Å²) in [5, 5.41) is 13.0. The summed E-state index contributed by atoms with van der Waals surface area (Å²) in [5.74, 6) is 2.80. The molecule has 9 heteroatoms. The number of rotatable bonds is 9. The Morgan fingerprint density at radius 2 is 1.73 bits per heavy atom. The number of aromatic nitrogens is 2. The Labute approximate surface area is 235 Å². The van der Waals surface area contributed by atoms with Crippen molar-refractivity contribution < 1.29 is 9.53 Å². The average molecular weight is 538 g/mol. The van der Waals surface area contributed by atoms with E-state index in [-0.39, 0.29) is 11.5 Å². The minimum absolute atomic E-state index is 0.154. The first-order valence-electron chi connectivity index (χ1n) is 13.9. The van der Waals surface area contributed by atoms with E-state index in [1.54, 1.807) is 6.08 Å². The summed E-state index contributed by atoms with van der Waals surface area (Å²) in [4.78, 5) is 25.7. The molecule has 3 N–H and O–H groups in total. The Balaban J connectivity index is 1.16. The molecule has 3 aromatic rings. The van der Waals surface area contributed by atoms with E-state index in [2.05, 4.69) is 26.3 Å². The molecule has 9 nitrogen and oxygen atoms in total. The molecule has 1 amide bonds. The molecule has 2 aliphatic rings. The fraction of sp³-hybridized carbons (Fsp3) is 0.355. The van der Waals surface area contributed by atoms with Crippen LogP contribution in [0, 0.1) is 17.2 Å². The molecule has 206 valence electrons. The SMILES string of the molecule is N#CC(=CCN1CCCC1)C(=O)N1CCC(CNc2ncnc(N)c2-c2ccc(Oc3ccccc3)cc2)CC1. The summed E-state index contributed by atoms with van der Waals surface area (Å²) >= 11 is 0. The van der Waals surface area contributed by atoms with Crippen LogP contribution in [0.3, 0.4) is 0 Å². The fourth-order valence-corrected chi connectivity index (χ4v) is 5.25. The third kappa shape index (κ3) is 6.77. The number of carbonyl (C=O) groups excluding carboxylic acids is 1. The lowest BCUT2D eigenvalue weighted by atomic mass is 9.96. The molecule has 0 atom stereocenters. The van der Waals surface area contributed by atoms with Crippen molar-refractivity contribution in [3.63, 3.8) is 0 Å². The Bertz CT molecular complexity index is 1350. The predicted molar refractivity (Wildman–Crippen MR) is 156 cm³/mol. The van der Waals surface area contributed by atoms with Crippen molar-refractivity contribution >= 4 is 17.5 Å². The van der Waals surface area contributed by atoms with Crippen molar-refractivity contribution in [2.75, 3.05) is 50.3 Å². The molecular weight excluding hydrogens is 502 g/mol. The lowest BCUT2D eigenvalue weighted by Crippen LogP contribution is -2.40. The third-order valence-corrected chi connectivity index (χ3v) is 7.56. The van der Waals surface area contributed by atoms with Gasteiger partial charge in [0.2, 0.25) is 0 Å². The minimum Gasteiger partial charge on any atom is -0.457 e. The van der Waals surface area contributed by atoms with E-state index in [0.29, 0.717) is 43.7 Å². The second-order valence-electron chi connectivity index (χ2n) is 10.3. The quantitative estimate of drug-likeness (QED) is 0.297. The largest absolute Gasteiger partial charge is 0.457 e. The summed E-state index contributed by atoms with van der Waals surface area (Å²) < 4.78 is 5.91. The second-order valence-corrected chi connectivity index (χ2v) is 10.3. The van der Waals surface area contributed by atoms with Gasteiger partial charge >= 0.3 is 0 Å². The molecule has 2 saturated heterocycles. The Morgan fingerprint density at radius 1 is 1.02 bits per heavy atom. The number of para-hydroxylation sites is 1. The van der Waals surface area contributed by atoms with Crippen LogP contribution in [0.1, 0.15) is 25.7 Å². The summed E-state index contributed by atoms with van der Waals surface area (Å²) in [6, 6.07) is 19.5. The standard InChI is InChI=1S/C31H35N7O2/c32-20-25(14-17-37-15-4-5-16-37)31(39)38-18-12-23(13-19-38)21-34-30-28(29(33)35-22-36-30)24-8-10-27(11-9-24)40-26-6-2-1-3-7-26/h1-3,6-11,14,22-23H,4-5,12-13,15-19,21H2,(H3,33,34,35,36). The van der Waals surface area contributed by atoms with Crippen LogP contribution in [0.25, 0.3) is 11.1 Å². The normalized spacial score (nSPS) is 16.5. The van der Waals surface area contributed by atoms with E-state index in [0.717, 1.165) is 48.6 Å². The molecule has 1 aromatic heterocycles. The van der Waals surface area contributed by atoms with Gasteiger partial charge in [-0.1, -0.05) is 30.3 Å². The zero-order valence-corrected chi connectivity index (χ0v) is 22.6. The number of nitrogen functional groups attached to an aromatic ring is 1. The molecule has 0 unspecified atom stereocenters. The monoisotopic (exact) mass is 537 g/mol. The smallest absolute Gasteiger partial charge is 0.264 e. The molecule has 0 bridgehead atoms. The summed E-state index contributed by atoms with van der Waals surface area (Å²) in [7, 11) is 0. The first-order valence-corrected chi connectivity index (χ1v) is 13.9. The van der Waals surface area contributed by atoms with Crippen molar-refractivity contribution in [2.45, 2.75) is 25.7 Å². The van der Waals surface area contributed by atoms with Crippen LogP contribution in [-0.2, 0) is 4.79 Å². The number of hydrogen-bond acceptors (Lipinski definition) is 8. The highest BCUT2D eigenvalue weighted by Crippen LogP contribution is 2.33. The van der Waals surface area contributed by atoms with Gasteiger partial charge in [0.15, 0.2) is 0 Å². The number of nitrogens with one attached hydrogen (secondary N) is 1. The molecule has 40 heavy (non-hydrogen) atoms. The zero-order chi connectivity index (χ0) is 27.7. The number of nitriles is 1. The highest BCUT2D eigenvalue weighted by Gasteiger charge is 2.25. The molecule has 5 rings (SSSR count). The van der Waals surface area contributed by atoms with Gasteiger partial charge in [-0.25, -0.2) is 9.97 Å². The van der Waals surface area contributed by atoms with Crippen molar-refractivity contribution in [1.29, 1.82) is 5.26 Å². The molecular formula is C31H35N7O2. The van der Waals surface area contributed by atoms with Crippen molar-refractivity contribution in [2.24, 2.45) is 5.92 Å². The lowest BCUT2D eigenvalue weighted by molar-refractivity contribution is -0.128. The van der Waals surface area contributed by atoms with Gasteiger partial charge in [0.05, 0.1) is 5.56 Å². The number of piperidine rings is 1. The summed E-state index contributed by atoms with van der Waals surface area (Å²) in [5.41, 5.74) is 8.18. The molecule has 2 aliphatic heterocycles. The highest BCUT2D eigenvalue weighted by atomic mass is 16.5. The number of hydrogen-bond donors (Lipinski definition) is 2. The van der Waals surface area contributed by atoms with Crippen LogP contribution in [-0.4, -0.2) is 64.9 Å². The summed E-state index contributed by atoms with van der Waals surface area (Å²) in [6.07, 6.45) is 7.33. The first-order chi connectivity index (χ1) is 19.6. The first kappa shape index (κ1) is 27.2. The summed E-state index contributed by atoms with van der Waals surface area (Å²) in [6.45, 7) is 4.72. The van der Waals surface area contributed by atoms with Gasteiger partial charge in [-0.3, -0.25) is 9.69 Å². The number of amides is 1. The third-order valence-electron chi connectivity index (χ3n) is 7.56. The Morgan fingerprint density at radius 3 is 2.42 bits per heavy atom. The zero-order valence-electron chi connectivity index (χ0n) is 22.6. The second kappa shape index (κ2) is 13.1. The maximum Gasteiger partial charge on any atom is 0.264 e. The van der Waals surface area contributed by atoms with Crippen LogP contribution in [0.15, 0.2) is 72.6 Å². The van der Waals surface area contributed by atoms with Gasteiger partial charge in [-0.15, -0.1) is 0 Å². The van der Waals surface area contributed by atoms with Crippen LogP contribution in [0.2, 0.25) is 0 Å². The minimum atomic E-state index is -0.154. The molecule has 2 aromatic carbocycles. The number of ether oxygens (including phenoxy) is 1. The number of likely N-dealkylation sites (tertiary alicyclic amines) is 2. The predicted octanol–water partition coefficient (Wildman–Crippen LogP) is 4.71. The van der Waals surface area contributed by atoms with Crippen molar-refractivity contribution in [3.8, 4) is 28.7 Å². The van der Waals surface area contributed by atoms with Gasteiger partial charge < -0.3 is 20.7 Å². The van der Waals surface area contributed by atoms with E-state index in [9.17, 15) is 10.1 Å². The fourth-order valence-electron chi connectivity index (χ4n) is 5.25. The Kier molecular flexibility index (Phi) is 8.89. The van der Waals surface area contributed by atoms with Crippen molar-refractivity contribution in [3.05, 3.63) is 72.6 Å². The number of benzene rings is 2. The average Bonchev–Trinajstić information content (AvgIpc) is 3.51. The van der Waals surface area contributed by atoms with Crippen LogP contribution in [0.4, 0.5) is 11.6 Å². The molecule has 3 heterocycles. The van der Waals surface area contributed by atoms with Crippen molar-refractivity contribution in [1.82, 2.24) is 19.8 Å². The van der Waals surface area contributed by atoms with E-state index in [1.807, 2.05) is 59.5 Å². The molecule has 0 saturated carbocycles. The van der Waals surface area contributed by atoms with Crippen LogP contribution >= 0.6 is 0 Å². The van der Waals surface area contributed by atoms with E-state index >= 15 is 0 Å². The lowest BCUT2D eigenvalue weighted by Gasteiger charge is -2.32. The van der Waals surface area contributed by atoms with E-state index < -0.39 is 0 Å². The van der Waals surface area contributed by atoms with Gasteiger partial charge in [-0.2, -0.15) is 5.26 Å². The molecule has 0 aliphatic carbocycles. The number of anilines is 2. The Hall–Kier alpha value is -4.42. The topological polar surface area (TPSA) is 120 Å². The number of nitrogens with two attached hydrogens (primary N) is 1. The van der Waals surface area contributed by atoms with E-state index in [4.69, 9.17) is 10.5 Å².